The minimum absolute atomic E-state index is 0.131. The number of para-hydroxylation sites is 1. The minimum atomic E-state index is -0.607. The van der Waals surface area contributed by atoms with E-state index in [0.717, 1.165) is 25.8 Å². The van der Waals surface area contributed by atoms with Crippen LogP contribution in [0.5, 0.6) is 0 Å². The molecule has 2 heterocycles. The molecule has 0 bridgehead atoms. The first-order chi connectivity index (χ1) is 13.6. The molecule has 0 unspecified atom stereocenters. The Morgan fingerprint density at radius 1 is 1.11 bits per heavy atom. The molecule has 1 aliphatic heterocycles. The van der Waals surface area contributed by atoms with E-state index < -0.39 is 5.97 Å². The molecule has 4 rings (SSSR count). The average molecular weight is 383 g/mol. The van der Waals surface area contributed by atoms with Gasteiger partial charge in [-0.15, -0.1) is 0 Å². The van der Waals surface area contributed by atoms with Crippen LogP contribution in [0.4, 0.5) is 0 Å². The molecule has 0 N–H and O–H groups in total. The zero-order valence-corrected chi connectivity index (χ0v) is 15.9. The average Bonchev–Trinajstić information content (AvgIpc) is 2.74. The zero-order valence-electron chi connectivity index (χ0n) is 15.9. The van der Waals surface area contributed by atoms with Gasteiger partial charge in [0.2, 0.25) is 0 Å². The number of hydrogen-bond donors (Lipinski definition) is 0. The van der Waals surface area contributed by atoms with Crippen LogP contribution in [-0.4, -0.2) is 45.5 Å². The third kappa shape index (κ3) is 3.79. The van der Waals surface area contributed by atoms with Crippen molar-refractivity contribution in [2.24, 2.45) is 5.92 Å². The Morgan fingerprint density at radius 3 is 2.79 bits per heavy atom. The second-order valence-corrected chi connectivity index (χ2v) is 7.70. The monoisotopic (exact) mass is 383 g/mol. The lowest BCUT2D eigenvalue weighted by molar-refractivity contribution is -0.155. The van der Waals surface area contributed by atoms with Crippen LogP contribution in [0.2, 0.25) is 0 Å². The number of ether oxygens (including phenoxy) is 1. The molecular formula is C21H25N3O4. The van der Waals surface area contributed by atoms with Crippen molar-refractivity contribution in [2.75, 3.05) is 13.2 Å². The number of piperidine rings is 1. The van der Waals surface area contributed by atoms with Gasteiger partial charge in [-0.2, -0.15) is 0 Å². The molecule has 1 aromatic heterocycles. The fourth-order valence-electron chi connectivity index (χ4n) is 4.56. The highest BCUT2D eigenvalue weighted by atomic mass is 16.5. The first kappa shape index (κ1) is 18.7. The second kappa shape index (κ2) is 8.12. The normalized spacial score (nSPS) is 21.9. The molecule has 1 saturated heterocycles. The van der Waals surface area contributed by atoms with Crippen LogP contribution < -0.4 is 5.56 Å². The summed E-state index contributed by atoms with van der Waals surface area (Å²) in [6.07, 6.45) is 8.17. The number of benzene rings is 1. The summed E-state index contributed by atoms with van der Waals surface area (Å²) in [5, 5.41) is 0.450. The molecule has 0 radical (unpaired) electrons. The van der Waals surface area contributed by atoms with Crippen LogP contribution in [-0.2, 0) is 20.9 Å². The Bertz CT molecular complexity index is 937. The van der Waals surface area contributed by atoms with E-state index in [2.05, 4.69) is 4.98 Å². The van der Waals surface area contributed by atoms with Gasteiger partial charge < -0.3 is 9.64 Å². The molecule has 28 heavy (non-hydrogen) atoms. The minimum Gasteiger partial charge on any atom is -0.454 e. The highest BCUT2D eigenvalue weighted by Gasteiger charge is 2.35. The highest BCUT2D eigenvalue weighted by Crippen LogP contribution is 2.35. The summed E-state index contributed by atoms with van der Waals surface area (Å²) < 4.78 is 6.41. The lowest BCUT2D eigenvalue weighted by Gasteiger charge is -2.44. The Balaban J connectivity index is 1.36. The van der Waals surface area contributed by atoms with Crippen LogP contribution in [0.1, 0.15) is 38.5 Å². The molecule has 2 atom stereocenters. The van der Waals surface area contributed by atoms with Gasteiger partial charge in [-0.1, -0.05) is 25.0 Å². The molecule has 2 aromatic rings. The van der Waals surface area contributed by atoms with E-state index in [9.17, 15) is 14.4 Å². The molecule has 7 nitrogen and oxygen atoms in total. The van der Waals surface area contributed by atoms with Gasteiger partial charge in [-0.3, -0.25) is 19.0 Å². The van der Waals surface area contributed by atoms with Gasteiger partial charge in [-0.05, 0) is 43.7 Å². The van der Waals surface area contributed by atoms with E-state index >= 15 is 0 Å². The van der Waals surface area contributed by atoms with Crippen molar-refractivity contribution in [3.8, 4) is 0 Å². The molecular weight excluding hydrogens is 358 g/mol. The SMILES string of the molecule is O=C(Cn1cnc2ccccc2c1=O)OCC(=O)N1CCC[C@H]2CCCC[C@H]21. The van der Waals surface area contributed by atoms with E-state index in [-0.39, 0.29) is 24.6 Å². The van der Waals surface area contributed by atoms with Crippen LogP contribution in [0.3, 0.4) is 0 Å². The number of rotatable bonds is 4. The Hall–Kier alpha value is -2.70. The number of hydrogen-bond acceptors (Lipinski definition) is 5. The van der Waals surface area contributed by atoms with E-state index in [1.807, 2.05) is 4.90 Å². The zero-order chi connectivity index (χ0) is 19.5. The summed E-state index contributed by atoms with van der Waals surface area (Å²) in [6, 6.07) is 7.27. The number of amides is 1. The second-order valence-electron chi connectivity index (χ2n) is 7.70. The van der Waals surface area contributed by atoms with Gasteiger partial charge in [0, 0.05) is 12.6 Å². The molecule has 1 aliphatic carbocycles. The van der Waals surface area contributed by atoms with Crippen molar-refractivity contribution in [3.63, 3.8) is 0 Å². The third-order valence-corrected chi connectivity index (χ3v) is 5.95. The van der Waals surface area contributed by atoms with E-state index in [0.29, 0.717) is 22.9 Å². The third-order valence-electron chi connectivity index (χ3n) is 5.95. The summed E-state index contributed by atoms with van der Waals surface area (Å²) >= 11 is 0. The predicted molar refractivity (Wildman–Crippen MR) is 104 cm³/mol. The van der Waals surface area contributed by atoms with Gasteiger partial charge in [0.15, 0.2) is 6.61 Å². The summed E-state index contributed by atoms with van der Waals surface area (Å²) in [7, 11) is 0. The number of nitrogens with zero attached hydrogens (tertiary/aromatic N) is 3. The number of carbonyl (C=O) groups excluding carboxylic acids is 2. The standard InChI is InChI=1S/C21H25N3O4/c25-19(24-11-5-7-15-6-1-4-10-18(15)24)13-28-20(26)12-23-14-22-17-9-3-2-8-16(17)21(23)27/h2-3,8-9,14-15,18H,1,4-7,10-13H2/t15-,18-/m1/s1. The van der Waals surface area contributed by atoms with E-state index in [1.165, 1.54) is 30.2 Å². The predicted octanol–water partition coefficient (Wildman–Crippen LogP) is 2.12. The quantitative estimate of drug-likeness (QED) is 0.756. The number of likely N-dealkylation sites (tertiary alicyclic amines) is 1. The van der Waals surface area contributed by atoms with E-state index in [4.69, 9.17) is 4.74 Å². The summed E-state index contributed by atoms with van der Waals surface area (Å²) in [5.74, 6) is -0.150. The fraction of sp³-hybridized carbons (Fsp3) is 0.524. The number of fused-ring (bicyclic) bond motifs is 2. The lowest BCUT2D eigenvalue weighted by Crippen LogP contribution is -2.51. The van der Waals surface area contributed by atoms with Crippen molar-refractivity contribution >= 4 is 22.8 Å². The van der Waals surface area contributed by atoms with Crippen molar-refractivity contribution in [3.05, 3.63) is 40.9 Å². The van der Waals surface area contributed by atoms with Crippen LogP contribution in [0.25, 0.3) is 10.9 Å². The Labute approximate surface area is 163 Å². The maximum Gasteiger partial charge on any atom is 0.326 e. The molecule has 2 fully saturated rings. The molecule has 1 amide bonds. The van der Waals surface area contributed by atoms with Gasteiger partial charge in [-0.25, -0.2) is 4.98 Å². The molecule has 0 spiro atoms. The summed E-state index contributed by atoms with van der Waals surface area (Å²) in [6.45, 7) is 0.222. The number of carbonyl (C=O) groups is 2. The first-order valence-corrected chi connectivity index (χ1v) is 10.0. The van der Waals surface area contributed by atoms with Crippen LogP contribution >= 0.6 is 0 Å². The van der Waals surface area contributed by atoms with Crippen molar-refractivity contribution in [1.82, 2.24) is 14.5 Å². The first-order valence-electron chi connectivity index (χ1n) is 10.0. The largest absolute Gasteiger partial charge is 0.454 e. The Kier molecular flexibility index (Phi) is 5.41. The maximum atomic E-state index is 12.6. The molecule has 1 saturated carbocycles. The lowest BCUT2D eigenvalue weighted by atomic mass is 9.78. The van der Waals surface area contributed by atoms with Crippen molar-refractivity contribution in [1.29, 1.82) is 0 Å². The maximum absolute atomic E-state index is 12.6. The highest BCUT2D eigenvalue weighted by molar-refractivity contribution is 5.81. The van der Waals surface area contributed by atoms with Gasteiger partial charge in [0.05, 0.1) is 17.2 Å². The van der Waals surface area contributed by atoms with E-state index in [1.54, 1.807) is 24.3 Å². The van der Waals surface area contributed by atoms with Gasteiger partial charge >= 0.3 is 5.97 Å². The van der Waals surface area contributed by atoms with Gasteiger partial charge in [0.25, 0.3) is 11.5 Å². The van der Waals surface area contributed by atoms with Crippen LogP contribution in [0, 0.1) is 5.92 Å². The summed E-state index contributed by atoms with van der Waals surface area (Å²) in [5.41, 5.74) is 0.286. The number of esters is 1. The smallest absolute Gasteiger partial charge is 0.326 e. The fourth-order valence-corrected chi connectivity index (χ4v) is 4.56. The topological polar surface area (TPSA) is 81.5 Å². The molecule has 2 aliphatic rings. The number of aromatic nitrogens is 2. The molecule has 1 aromatic carbocycles. The molecule has 148 valence electrons. The molecule has 7 heteroatoms. The van der Waals surface area contributed by atoms with Crippen LogP contribution in [0.15, 0.2) is 35.4 Å². The van der Waals surface area contributed by atoms with Crippen molar-refractivity contribution in [2.45, 2.75) is 51.1 Å². The van der Waals surface area contributed by atoms with Crippen molar-refractivity contribution < 1.29 is 14.3 Å². The Morgan fingerprint density at radius 2 is 1.89 bits per heavy atom. The summed E-state index contributed by atoms with van der Waals surface area (Å²) in [4.78, 5) is 43.4. The van der Waals surface area contributed by atoms with Gasteiger partial charge in [0.1, 0.15) is 6.54 Å².